The lowest BCUT2D eigenvalue weighted by Crippen LogP contribution is -2.42. The molecule has 1 aromatic carbocycles. The summed E-state index contributed by atoms with van der Waals surface area (Å²) in [5.74, 6) is 1.78. The first-order valence-corrected chi connectivity index (χ1v) is 11.5. The number of phenolic OH excluding ortho intramolecular Hbond substituents is 1. The standard InChI is InChI=1S/C26H32O4/c1-5-30-24(29)26(14(2)15(26)3)21-13-19-16(12-22(21)27)6-7-18-17(19)10-11-25(4)20(18)8-9-23(25)28/h12-13,17-18,20,27H,5-11H2,1-4H3/t17-,18+,20-,25-/m0/s1. The molecule has 0 aliphatic heterocycles. The van der Waals surface area contributed by atoms with E-state index in [-0.39, 0.29) is 17.1 Å². The Kier molecular flexibility index (Phi) is 4.26. The number of carbonyl (C=O) groups is 2. The Morgan fingerprint density at radius 1 is 1.17 bits per heavy atom. The number of hydrogen-bond donors (Lipinski definition) is 1. The zero-order valence-electron chi connectivity index (χ0n) is 18.5. The van der Waals surface area contributed by atoms with Gasteiger partial charge >= 0.3 is 5.97 Å². The number of aromatic hydroxyl groups is 1. The lowest BCUT2D eigenvalue weighted by Gasteiger charge is -2.48. The molecule has 1 aromatic rings. The predicted octanol–water partition coefficient (Wildman–Crippen LogP) is 4.97. The quantitative estimate of drug-likeness (QED) is 0.567. The fourth-order valence-electron chi connectivity index (χ4n) is 7.30. The lowest BCUT2D eigenvalue weighted by molar-refractivity contribution is -0.145. The average molecular weight is 409 g/mol. The first-order chi connectivity index (χ1) is 14.3. The summed E-state index contributed by atoms with van der Waals surface area (Å²) in [7, 11) is 0. The summed E-state index contributed by atoms with van der Waals surface area (Å²) in [4.78, 5) is 25.6. The van der Waals surface area contributed by atoms with Gasteiger partial charge in [-0.3, -0.25) is 9.59 Å². The maximum absolute atomic E-state index is 13.0. The molecule has 2 saturated carbocycles. The van der Waals surface area contributed by atoms with Gasteiger partial charge in [0.1, 0.15) is 16.9 Å². The molecule has 0 saturated heterocycles. The molecule has 0 bridgehead atoms. The third kappa shape index (κ3) is 2.34. The van der Waals surface area contributed by atoms with Crippen molar-refractivity contribution < 1.29 is 19.4 Å². The number of Topliss-reactive ketones (excluding diaryl/α,β-unsaturated/α-hetero) is 1. The molecule has 4 atom stereocenters. The minimum Gasteiger partial charge on any atom is -0.508 e. The van der Waals surface area contributed by atoms with E-state index >= 15 is 0 Å². The minimum absolute atomic E-state index is 0.143. The van der Waals surface area contributed by atoms with Crippen LogP contribution in [0.1, 0.15) is 82.4 Å². The van der Waals surface area contributed by atoms with Gasteiger partial charge < -0.3 is 9.84 Å². The number of carbonyl (C=O) groups excluding carboxylic acids is 2. The van der Waals surface area contributed by atoms with E-state index in [0.717, 1.165) is 49.7 Å². The van der Waals surface area contributed by atoms with Crippen LogP contribution in [0.5, 0.6) is 5.75 Å². The number of phenols is 1. The molecule has 2 fully saturated rings. The largest absolute Gasteiger partial charge is 0.508 e. The van der Waals surface area contributed by atoms with E-state index in [0.29, 0.717) is 35.7 Å². The summed E-state index contributed by atoms with van der Waals surface area (Å²) < 4.78 is 5.42. The zero-order valence-corrected chi connectivity index (χ0v) is 18.5. The van der Waals surface area contributed by atoms with Crippen molar-refractivity contribution in [2.75, 3.05) is 6.61 Å². The van der Waals surface area contributed by atoms with Gasteiger partial charge in [0.25, 0.3) is 0 Å². The minimum atomic E-state index is -0.894. The van der Waals surface area contributed by atoms with Crippen molar-refractivity contribution in [3.63, 3.8) is 0 Å². The molecule has 0 radical (unpaired) electrons. The Hall–Kier alpha value is -2.10. The second-order valence-electron chi connectivity index (χ2n) is 10.1. The molecule has 1 N–H and O–H groups in total. The fourth-order valence-corrected chi connectivity index (χ4v) is 7.30. The summed E-state index contributed by atoms with van der Waals surface area (Å²) in [6.07, 6.45) is 5.73. The van der Waals surface area contributed by atoms with Gasteiger partial charge in [-0.15, -0.1) is 0 Å². The number of ether oxygens (including phenoxy) is 1. The molecule has 5 rings (SSSR count). The average Bonchev–Trinajstić information content (AvgIpc) is 3.11. The second kappa shape index (κ2) is 6.45. The lowest BCUT2D eigenvalue weighted by atomic mass is 9.55. The number of rotatable bonds is 3. The monoisotopic (exact) mass is 408 g/mol. The van der Waals surface area contributed by atoms with E-state index in [1.165, 1.54) is 11.1 Å². The Labute approximate surface area is 178 Å². The third-order valence-electron chi connectivity index (χ3n) is 9.16. The maximum Gasteiger partial charge on any atom is 0.325 e. The molecule has 0 aromatic heterocycles. The van der Waals surface area contributed by atoms with Crippen molar-refractivity contribution >= 4 is 11.8 Å². The summed E-state index contributed by atoms with van der Waals surface area (Å²) in [6.45, 7) is 8.26. The van der Waals surface area contributed by atoms with Gasteiger partial charge in [0.2, 0.25) is 0 Å². The molecule has 4 nitrogen and oxygen atoms in total. The molecule has 4 heteroatoms. The number of fused-ring (bicyclic) bond motifs is 5. The van der Waals surface area contributed by atoms with Crippen molar-refractivity contribution in [1.29, 1.82) is 0 Å². The van der Waals surface area contributed by atoms with Gasteiger partial charge in [-0.1, -0.05) is 6.92 Å². The molecule has 4 aliphatic carbocycles. The van der Waals surface area contributed by atoms with E-state index in [9.17, 15) is 14.7 Å². The number of esters is 1. The van der Waals surface area contributed by atoms with Crippen LogP contribution in [0.4, 0.5) is 0 Å². The summed E-state index contributed by atoms with van der Waals surface area (Å²) >= 11 is 0. The molecule has 0 heterocycles. The van der Waals surface area contributed by atoms with E-state index < -0.39 is 5.41 Å². The van der Waals surface area contributed by atoms with Crippen LogP contribution < -0.4 is 0 Å². The van der Waals surface area contributed by atoms with Crippen LogP contribution >= 0.6 is 0 Å². The fraction of sp³-hybridized carbons (Fsp3) is 0.615. The predicted molar refractivity (Wildman–Crippen MR) is 114 cm³/mol. The van der Waals surface area contributed by atoms with Gasteiger partial charge in [0.05, 0.1) is 6.61 Å². The van der Waals surface area contributed by atoms with Gasteiger partial charge in [-0.05, 0) is 105 Å². The van der Waals surface area contributed by atoms with Gasteiger partial charge in [-0.25, -0.2) is 0 Å². The van der Waals surface area contributed by atoms with Crippen LogP contribution in [0.15, 0.2) is 23.3 Å². The SMILES string of the molecule is CCOC(=O)C1(c2cc3c(cc2O)CC[C@@H]2[C@@H]3CC[C@]3(C)C(=O)CC[C@@H]23)C(C)=C1C. The number of benzene rings is 1. The smallest absolute Gasteiger partial charge is 0.325 e. The molecular weight excluding hydrogens is 376 g/mol. The van der Waals surface area contributed by atoms with E-state index in [4.69, 9.17) is 4.74 Å². The van der Waals surface area contributed by atoms with Crippen molar-refractivity contribution in [3.05, 3.63) is 40.0 Å². The Morgan fingerprint density at radius 3 is 2.57 bits per heavy atom. The normalized spacial score (nSPS) is 33.6. The highest BCUT2D eigenvalue weighted by molar-refractivity contribution is 5.99. The third-order valence-corrected chi connectivity index (χ3v) is 9.16. The van der Waals surface area contributed by atoms with Crippen LogP contribution in [0.25, 0.3) is 0 Å². The van der Waals surface area contributed by atoms with E-state index in [2.05, 4.69) is 13.0 Å². The summed E-state index contributed by atoms with van der Waals surface area (Å²) in [6, 6.07) is 4.01. The van der Waals surface area contributed by atoms with Gasteiger partial charge in [0, 0.05) is 17.4 Å². The first kappa shape index (κ1) is 19.8. The number of aryl methyl sites for hydroxylation is 1. The van der Waals surface area contributed by atoms with Crippen molar-refractivity contribution in [2.45, 2.75) is 77.6 Å². The molecule has 4 aliphatic rings. The van der Waals surface area contributed by atoms with Crippen LogP contribution in [0.2, 0.25) is 0 Å². The number of ketones is 1. The Morgan fingerprint density at radius 2 is 1.90 bits per heavy atom. The molecular formula is C26H32O4. The van der Waals surface area contributed by atoms with Crippen LogP contribution in [0.3, 0.4) is 0 Å². The topological polar surface area (TPSA) is 63.6 Å². The molecule has 0 amide bonds. The van der Waals surface area contributed by atoms with Gasteiger partial charge in [0.15, 0.2) is 0 Å². The maximum atomic E-state index is 13.0. The van der Waals surface area contributed by atoms with Crippen LogP contribution in [-0.4, -0.2) is 23.5 Å². The van der Waals surface area contributed by atoms with Crippen LogP contribution in [-0.2, 0) is 26.2 Å². The Bertz CT molecular complexity index is 975. The molecule has 0 spiro atoms. The Balaban J connectivity index is 1.56. The van der Waals surface area contributed by atoms with Gasteiger partial charge in [-0.2, -0.15) is 0 Å². The second-order valence-corrected chi connectivity index (χ2v) is 10.1. The highest BCUT2D eigenvalue weighted by atomic mass is 16.5. The van der Waals surface area contributed by atoms with Crippen molar-refractivity contribution in [1.82, 2.24) is 0 Å². The summed E-state index contributed by atoms with van der Waals surface area (Å²) in [5, 5.41) is 10.9. The van der Waals surface area contributed by atoms with Crippen molar-refractivity contribution in [2.24, 2.45) is 17.3 Å². The highest BCUT2D eigenvalue weighted by Gasteiger charge is 2.59. The number of hydrogen-bond acceptors (Lipinski definition) is 4. The molecule has 30 heavy (non-hydrogen) atoms. The summed E-state index contributed by atoms with van der Waals surface area (Å²) in [5.41, 5.74) is 4.12. The van der Waals surface area contributed by atoms with Crippen molar-refractivity contribution in [3.8, 4) is 5.75 Å². The van der Waals surface area contributed by atoms with E-state index in [1.807, 2.05) is 26.8 Å². The first-order valence-electron chi connectivity index (χ1n) is 11.5. The van der Waals surface area contributed by atoms with E-state index in [1.54, 1.807) is 0 Å². The molecule has 160 valence electrons. The zero-order chi connectivity index (χ0) is 21.4. The molecule has 0 unspecified atom stereocenters. The van der Waals surface area contributed by atoms with Crippen LogP contribution in [0, 0.1) is 17.3 Å². The highest BCUT2D eigenvalue weighted by Crippen LogP contribution is 2.62.